The number of hydrogen-bond acceptors (Lipinski definition) is 6. The lowest BCUT2D eigenvalue weighted by molar-refractivity contribution is 0.171. The Bertz CT molecular complexity index is 1170. The van der Waals surface area contributed by atoms with Crippen LogP contribution in [-0.2, 0) is 22.9 Å². The molecule has 35 heavy (non-hydrogen) atoms. The highest BCUT2D eigenvalue weighted by molar-refractivity contribution is 7.89. The second-order valence-corrected chi connectivity index (χ2v) is 12.1. The first kappa shape index (κ1) is 23.1. The maximum absolute atomic E-state index is 13.3. The van der Waals surface area contributed by atoms with Crippen LogP contribution in [0.15, 0.2) is 41.3 Å². The second-order valence-electron chi connectivity index (χ2n) is 10.1. The molecule has 3 heterocycles. The lowest BCUT2D eigenvalue weighted by atomic mass is 10.0. The van der Waals surface area contributed by atoms with Gasteiger partial charge in [-0.25, -0.2) is 8.42 Å². The molecule has 188 valence electrons. The van der Waals surface area contributed by atoms with Crippen LogP contribution in [0, 0.1) is 0 Å². The molecule has 0 N–H and O–H groups in total. The standard InChI is InChI=1S/C27H35N3O4S/c31-35(32,25-7-8-26-27(20-25)34-18-17-33-26)30-15-13-29(14-16-30)24-6-5-21-9-11-28(12-10-22(21)19-24)23-3-1-2-4-23/h5-8,19-20,23H,1-4,9-18H2. The highest BCUT2D eigenvalue weighted by Crippen LogP contribution is 2.34. The van der Waals surface area contributed by atoms with Crippen molar-refractivity contribution in [3.8, 4) is 11.5 Å². The number of ether oxygens (including phenoxy) is 2. The molecule has 2 fully saturated rings. The minimum Gasteiger partial charge on any atom is -0.486 e. The summed E-state index contributed by atoms with van der Waals surface area (Å²) in [5.41, 5.74) is 4.16. The molecular weight excluding hydrogens is 462 g/mol. The van der Waals surface area contributed by atoms with Crippen LogP contribution in [0.5, 0.6) is 11.5 Å². The molecule has 0 unspecified atom stereocenters. The van der Waals surface area contributed by atoms with Gasteiger partial charge in [-0.05, 0) is 61.1 Å². The molecule has 0 amide bonds. The zero-order valence-corrected chi connectivity index (χ0v) is 21.1. The summed E-state index contributed by atoms with van der Waals surface area (Å²) >= 11 is 0. The van der Waals surface area contributed by atoms with E-state index in [1.54, 1.807) is 22.5 Å². The van der Waals surface area contributed by atoms with E-state index in [9.17, 15) is 8.42 Å². The number of hydrogen-bond donors (Lipinski definition) is 0. The number of sulfonamides is 1. The molecule has 7 nitrogen and oxygen atoms in total. The number of rotatable bonds is 4. The predicted molar refractivity (Wildman–Crippen MR) is 136 cm³/mol. The number of nitrogens with zero attached hydrogens (tertiary/aromatic N) is 3. The third-order valence-corrected chi connectivity index (χ3v) is 10.0. The van der Waals surface area contributed by atoms with Crippen LogP contribution in [0.2, 0.25) is 0 Å². The lowest BCUT2D eigenvalue weighted by Gasteiger charge is -2.35. The molecule has 2 aromatic carbocycles. The summed E-state index contributed by atoms with van der Waals surface area (Å²) in [5, 5.41) is 0. The average molecular weight is 498 g/mol. The van der Waals surface area contributed by atoms with Gasteiger partial charge in [0.25, 0.3) is 0 Å². The fourth-order valence-electron chi connectivity index (χ4n) is 6.08. The molecule has 6 rings (SSSR count). The van der Waals surface area contributed by atoms with Crippen LogP contribution in [0.3, 0.4) is 0 Å². The van der Waals surface area contributed by atoms with Gasteiger partial charge in [0.2, 0.25) is 10.0 Å². The van der Waals surface area contributed by atoms with Crippen molar-refractivity contribution < 1.29 is 17.9 Å². The van der Waals surface area contributed by atoms with Crippen molar-refractivity contribution in [3.63, 3.8) is 0 Å². The van der Waals surface area contributed by atoms with E-state index in [4.69, 9.17) is 9.47 Å². The van der Waals surface area contributed by atoms with Gasteiger partial charge in [0.05, 0.1) is 4.90 Å². The molecule has 2 aromatic rings. The Hall–Kier alpha value is -2.29. The monoisotopic (exact) mass is 497 g/mol. The van der Waals surface area contributed by atoms with Crippen LogP contribution < -0.4 is 14.4 Å². The van der Waals surface area contributed by atoms with E-state index in [1.165, 1.54) is 49.0 Å². The van der Waals surface area contributed by atoms with Crippen molar-refractivity contribution in [2.75, 3.05) is 57.4 Å². The highest BCUT2D eigenvalue weighted by Gasteiger charge is 2.30. The summed E-state index contributed by atoms with van der Waals surface area (Å²) in [6.45, 7) is 5.59. The Kier molecular flexibility index (Phi) is 6.37. The van der Waals surface area contributed by atoms with E-state index < -0.39 is 10.0 Å². The van der Waals surface area contributed by atoms with Crippen molar-refractivity contribution in [2.24, 2.45) is 0 Å². The van der Waals surface area contributed by atoms with Crippen molar-refractivity contribution >= 4 is 15.7 Å². The SMILES string of the molecule is O=S(=O)(c1ccc2c(c1)OCCO2)N1CCN(c2ccc3c(c2)CCN(C2CCCC2)CC3)CC1. The van der Waals surface area contributed by atoms with Gasteiger partial charge in [0.15, 0.2) is 11.5 Å². The minimum atomic E-state index is -3.57. The summed E-state index contributed by atoms with van der Waals surface area (Å²) in [7, 11) is -3.57. The van der Waals surface area contributed by atoms with Gasteiger partial charge >= 0.3 is 0 Å². The third-order valence-electron chi connectivity index (χ3n) is 8.12. The summed E-state index contributed by atoms with van der Waals surface area (Å²) < 4.78 is 39.3. The number of benzene rings is 2. The van der Waals surface area contributed by atoms with Gasteiger partial charge in [0, 0.05) is 57.1 Å². The molecule has 4 aliphatic rings. The molecule has 8 heteroatoms. The molecule has 0 aromatic heterocycles. The van der Waals surface area contributed by atoms with Crippen molar-refractivity contribution in [3.05, 3.63) is 47.5 Å². The molecule has 1 saturated carbocycles. The fraction of sp³-hybridized carbons (Fsp3) is 0.556. The Labute approximate surface area is 208 Å². The highest BCUT2D eigenvalue weighted by atomic mass is 32.2. The van der Waals surface area contributed by atoms with Crippen molar-refractivity contribution in [1.82, 2.24) is 9.21 Å². The van der Waals surface area contributed by atoms with Gasteiger partial charge < -0.3 is 14.4 Å². The predicted octanol–water partition coefficient (Wildman–Crippen LogP) is 3.31. The minimum absolute atomic E-state index is 0.270. The molecule has 0 spiro atoms. The summed E-state index contributed by atoms with van der Waals surface area (Å²) in [6, 6.07) is 12.6. The van der Waals surface area contributed by atoms with Gasteiger partial charge in [-0.2, -0.15) is 4.31 Å². The smallest absolute Gasteiger partial charge is 0.243 e. The van der Waals surface area contributed by atoms with Crippen LogP contribution in [0.25, 0.3) is 0 Å². The Morgan fingerprint density at radius 3 is 2.23 bits per heavy atom. The van der Waals surface area contributed by atoms with Gasteiger partial charge in [-0.3, -0.25) is 4.90 Å². The van der Waals surface area contributed by atoms with Crippen LogP contribution >= 0.6 is 0 Å². The lowest BCUT2D eigenvalue weighted by Crippen LogP contribution is -2.48. The van der Waals surface area contributed by atoms with Gasteiger partial charge in [0.1, 0.15) is 13.2 Å². The van der Waals surface area contributed by atoms with E-state index in [-0.39, 0.29) is 4.90 Å². The number of anilines is 1. The molecule has 3 aliphatic heterocycles. The first-order chi connectivity index (χ1) is 17.1. The van der Waals surface area contributed by atoms with Gasteiger partial charge in [-0.15, -0.1) is 0 Å². The molecule has 0 radical (unpaired) electrons. The Morgan fingerprint density at radius 1 is 0.743 bits per heavy atom. The van der Waals surface area contributed by atoms with Gasteiger partial charge in [-0.1, -0.05) is 18.9 Å². The van der Waals surface area contributed by atoms with E-state index in [1.807, 2.05) is 0 Å². The Morgan fingerprint density at radius 2 is 1.46 bits per heavy atom. The number of fused-ring (bicyclic) bond motifs is 2. The molecule has 1 saturated heterocycles. The maximum atomic E-state index is 13.3. The largest absolute Gasteiger partial charge is 0.486 e. The third kappa shape index (κ3) is 4.63. The molecule has 1 aliphatic carbocycles. The fourth-order valence-corrected chi connectivity index (χ4v) is 7.52. The summed E-state index contributed by atoms with van der Waals surface area (Å²) in [4.78, 5) is 5.32. The summed E-state index contributed by atoms with van der Waals surface area (Å²) in [5.74, 6) is 1.11. The molecule has 0 atom stereocenters. The summed E-state index contributed by atoms with van der Waals surface area (Å²) in [6.07, 6.45) is 7.73. The normalized spacial score (nSPS) is 22.1. The topological polar surface area (TPSA) is 62.3 Å². The van der Waals surface area contributed by atoms with Crippen LogP contribution in [0.4, 0.5) is 5.69 Å². The van der Waals surface area contributed by atoms with E-state index in [0.717, 1.165) is 25.4 Å². The molecular formula is C27H35N3O4S. The Balaban J connectivity index is 1.11. The van der Waals surface area contributed by atoms with Crippen molar-refractivity contribution in [2.45, 2.75) is 49.5 Å². The van der Waals surface area contributed by atoms with Crippen LogP contribution in [-0.4, -0.2) is 76.1 Å². The zero-order chi connectivity index (χ0) is 23.8. The maximum Gasteiger partial charge on any atom is 0.243 e. The molecule has 0 bridgehead atoms. The second kappa shape index (κ2) is 9.64. The first-order valence-corrected chi connectivity index (χ1v) is 14.5. The van der Waals surface area contributed by atoms with E-state index >= 15 is 0 Å². The van der Waals surface area contributed by atoms with E-state index in [2.05, 4.69) is 28.0 Å². The van der Waals surface area contributed by atoms with E-state index in [0.29, 0.717) is 50.9 Å². The zero-order valence-electron chi connectivity index (χ0n) is 20.3. The van der Waals surface area contributed by atoms with Crippen LogP contribution in [0.1, 0.15) is 36.8 Å². The quantitative estimate of drug-likeness (QED) is 0.646. The first-order valence-electron chi connectivity index (χ1n) is 13.1. The average Bonchev–Trinajstić information content (AvgIpc) is 3.35. The van der Waals surface area contributed by atoms with Crippen molar-refractivity contribution in [1.29, 1.82) is 0 Å². The number of piperazine rings is 1.